The van der Waals surface area contributed by atoms with Crippen molar-refractivity contribution in [1.82, 2.24) is 9.88 Å². The highest BCUT2D eigenvalue weighted by Crippen LogP contribution is 2.16. The van der Waals surface area contributed by atoms with Crippen LogP contribution in [-0.4, -0.2) is 28.9 Å². The first kappa shape index (κ1) is 14.5. The molecule has 1 aromatic heterocycles. The van der Waals surface area contributed by atoms with Gasteiger partial charge in [0.25, 0.3) is 5.91 Å². The molecule has 0 spiro atoms. The SMILES string of the molecule is CC(C)Oc1cccc(CN(C)C(=O)c2cscn2)c1. The summed E-state index contributed by atoms with van der Waals surface area (Å²) < 4.78 is 5.66. The Morgan fingerprint density at radius 1 is 1.45 bits per heavy atom. The largest absolute Gasteiger partial charge is 0.491 e. The molecule has 0 radical (unpaired) electrons. The molecular weight excluding hydrogens is 272 g/mol. The lowest BCUT2D eigenvalue weighted by molar-refractivity contribution is 0.0780. The van der Waals surface area contributed by atoms with E-state index in [0.717, 1.165) is 11.3 Å². The van der Waals surface area contributed by atoms with E-state index >= 15 is 0 Å². The Morgan fingerprint density at radius 3 is 2.90 bits per heavy atom. The average Bonchev–Trinajstić information content (AvgIpc) is 2.91. The quantitative estimate of drug-likeness (QED) is 0.849. The number of ether oxygens (including phenoxy) is 1. The predicted molar refractivity (Wildman–Crippen MR) is 80.1 cm³/mol. The smallest absolute Gasteiger partial charge is 0.273 e. The van der Waals surface area contributed by atoms with Crippen LogP contribution in [0.2, 0.25) is 0 Å². The minimum absolute atomic E-state index is 0.0681. The molecule has 0 saturated carbocycles. The molecule has 0 fully saturated rings. The molecule has 0 aliphatic heterocycles. The number of carbonyl (C=O) groups excluding carboxylic acids is 1. The van der Waals surface area contributed by atoms with Crippen LogP contribution in [-0.2, 0) is 6.54 Å². The van der Waals surface area contributed by atoms with Gasteiger partial charge in [-0.05, 0) is 31.5 Å². The van der Waals surface area contributed by atoms with Crippen molar-refractivity contribution >= 4 is 17.2 Å². The van der Waals surface area contributed by atoms with Crippen molar-refractivity contribution in [3.63, 3.8) is 0 Å². The molecule has 1 heterocycles. The number of thiazole rings is 1. The molecule has 4 nitrogen and oxygen atoms in total. The molecule has 0 bridgehead atoms. The molecule has 106 valence electrons. The molecule has 1 aromatic carbocycles. The van der Waals surface area contributed by atoms with E-state index in [1.807, 2.05) is 38.1 Å². The number of benzene rings is 1. The fourth-order valence-corrected chi connectivity index (χ4v) is 2.37. The highest BCUT2D eigenvalue weighted by Gasteiger charge is 2.14. The van der Waals surface area contributed by atoms with Crippen molar-refractivity contribution in [3.8, 4) is 5.75 Å². The number of hydrogen-bond donors (Lipinski definition) is 0. The lowest BCUT2D eigenvalue weighted by atomic mass is 10.2. The van der Waals surface area contributed by atoms with E-state index < -0.39 is 0 Å². The molecule has 5 heteroatoms. The van der Waals surface area contributed by atoms with Crippen molar-refractivity contribution in [2.24, 2.45) is 0 Å². The third kappa shape index (κ3) is 3.81. The second-order valence-electron chi connectivity index (χ2n) is 4.85. The molecule has 0 aliphatic carbocycles. The van der Waals surface area contributed by atoms with E-state index in [9.17, 15) is 4.79 Å². The van der Waals surface area contributed by atoms with E-state index in [2.05, 4.69) is 4.98 Å². The number of nitrogens with zero attached hydrogens (tertiary/aromatic N) is 2. The summed E-state index contributed by atoms with van der Waals surface area (Å²) in [6.07, 6.45) is 0.139. The van der Waals surface area contributed by atoms with Gasteiger partial charge in [0.2, 0.25) is 0 Å². The normalized spacial score (nSPS) is 10.6. The zero-order chi connectivity index (χ0) is 14.5. The van der Waals surface area contributed by atoms with Crippen LogP contribution in [0.25, 0.3) is 0 Å². The Morgan fingerprint density at radius 2 is 2.25 bits per heavy atom. The first-order valence-corrected chi connectivity index (χ1v) is 7.40. The monoisotopic (exact) mass is 290 g/mol. The van der Waals surface area contributed by atoms with Crippen LogP contribution in [0.3, 0.4) is 0 Å². The number of amides is 1. The maximum atomic E-state index is 12.1. The van der Waals surface area contributed by atoms with Gasteiger partial charge in [0.1, 0.15) is 11.4 Å². The van der Waals surface area contributed by atoms with Gasteiger partial charge in [-0.2, -0.15) is 0 Å². The van der Waals surface area contributed by atoms with Crippen LogP contribution in [0.4, 0.5) is 0 Å². The van der Waals surface area contributed by atoms with Gasteiger partial charge in [0.05, 0.1) is 11.6 Å². The number of aromatic nitrogens is 1. The lowest BCUT2D eigenvalue weighted by Crippen LogP contribution is -2.26. The Labute approximate surface area is 123 Å². The van der Waals surface area contributed by atoms with Crippen LogP contribution in [0.15, 0.2) is 35.2 Å². The van der Waals surface area contributed by atoms with Crippen LogP contribution in [0.5, 0.6) is 5.75 Å². The van der Waals surface area contributed by atoms with Crippen molar-refractivity contribution in [3.05, 3.63) is 46.4 Å². The van der Waals surface area contributed by atoms with Gasteiger partial charge >= 0.3 is 0 Å². The number of hydrogen-bond acceptors (Lipinski definition) is 4. The molecule has 0 aliphatic rings. The van der Waals surface area contributed by atoms with Gasteiger partial charge in [-0.25, -0.2) is 4.98 Å². The van der Waals surface area contributed by atoms with Gasteiger partial charge in [-0.15, -0.1) is 11.3 Å². The van der Waals surface area contributed by atoms with E-state index in [0.29, 0.717) is 12.2 Å². The van der Waals surface area contributed by atoms with E-state index in [-0.39, 0.29) is 12.0 Å². The molecule has 2 aromatic rings. The topological polar surface area (TPSA) is 42.4 Å². The van der Waals surface area contributed by atoms with E-state index in [4.69, 9.17) is 4.74 Å². The summed E-state index contributed by atoms with van der Waals surface area (Å²) in [5, 5.41) is 1.76. The van der Waals surface area contributed by atoms with Gasteiger partial charge in [-0.3, -0.25) is 4.79 Å². The van der Waals surface area contributed by atoms with Gasteiger partial charge in [0.15, 0.2) is 0 Å². The van der Waals surface area contributed by atoms with Gasteiger partial charge < -0.3 is 9.64 Å². The highest BCUT2D eigenvalue weighted by molar-refractivity contribution is 7.07. The van der Waals surface area contributed by atoms with Crippen molar-refractivity contribution in [2.45, 2.75) is 26.5 Å². The third-order valence-corrected chi connectivity index (χ3v) is 3.27. The molecule has 0 saturated heterocycles. The van der Waals surface area contributed by atoms with Crippen molar-refractivity contribution in [1.29, 1.82) is 0 Å². The summed E-state index contributed by atoms with van der Waals surface area (Å²) in [6, 6.07) is 7.81. The summed E-state index contributed by atoms with van der Waals surface area (Å²) in [5.41, 5.74) is 3.19. The predicted octanol–water partition coefficient (Wildman–Crippen LogP) is 3.20. The summed E-state index contributed by atoms with van der Waals surface area (Å²) >= 11 is 1.42. The highest BCUT2D eigenvalue weighted by atomic mass is 32.1. The number of carbonyl (C=O) groups is 1. The van der Waals surface area contributed by atoms with E-state index in [1.54, 1.807) is 22.8 Å². The zero-order valence-corrected chi connectivity index (χ0v) is 12.7. The van der Waals surface area contributed by atoms with Crippen LogP contribution >= 0.6 is 11.3 Å². The van der Waals surface area contributed by atoms with Crippen molar-refractivity contribution in [2.75, 3.05) is 7.05 Å². The molecule has 1 amide bonds. The lowest BCUT2D eigenvalue weighted by Gasteiger charge is -2.17. The summed E-state index contributed by atoms with van der Waals surface area (Å²) in [7, 11) is 1.78. The molecule has 0 N–H and O–H groups in total. The first-order valence-electron chi connectivity index (χ1n) is 6.45. The first-order chi connectivity index (χ1) is 9.56. The Kier molecular flexibility index (Phi) is 4.74. The van der Waals surface area contributed by atoms with Crippen LogP contribution < -0.4 is 4.74 Å². The molecule has 0 unspecified atom stereocenters. The molecule has 0 atom stereocenters. The fraction of sp³-hybridized carbons (Fsp3) is 0.333. The fourth-order valence-electron chi connectivity index (χ4n) is 1.85. The van der Waals surface area contributed by atoms with Gasteiger partial charge in [0, 0.05) is 19.0 Å². The molecular formula is C15H18N2O2S. The summed E-state index contributed by atoms with van der Waals surface area (Å²) in [5.74, 6) is 0.758. The van der Waals surface area contributed by atoms with Crippen LogP contribution in [0, 0.1) is 0 Å². The summed E-state index contributed by atoms with van der Waals surface area (Å²) in [4.78, 5) is 17.8. The maximum absolute atomic E-state index is 12.1. The van der Waals surface area contributed by atoms with Crippen molar-refractivity contribution < 1.29 is 9.53 Å². The maximum Gasteiger partial charge on any atom is 0.273 e. The Balaban J connectivity index is 2.04. The standard InChI is InChI=1S/C15H18N2O2S/c1-11(2)19-13-6-4-5-12(7-13)8-17(3)15(18)14-9-20-10-16-14/h4-7,9-11H,8H2,1-3H3. The molecule has 20 heavy (non-hydrogen) atoms. The second kappa shape index (κ2) is 6.52. The average molecular weight is 290 g/mol. The Hall–Kier alpha value is -1.88. The van der Waals surface area contributed by atoms with E-state index in [1.165, 1.54) is 11.3 Å². The minimum Gasteiger partial charge on any atom is -0.491 e. The van der Waals surface area contributed by atoms with Gasteiger partial charge in [-0.1, -0.05) is 12.1 Å². The second-order valence-corrected chi connectivity index (χ2v) is 5.57. The van der Waals surface area contributed by atoms with Crippen LogP contribution in [0.1, 0.15) is 29.9 Å². The summed E-state index contributed by atoms with van der Waals surface area (Å²) in [6.45, 7) is 4.51. The zero-order valence-electron chi connectivity index (χ0n) is 11.9. The number of rotatable bonds is 5. The third-order valence-electron chi connectivity index (χ3n) is 2.69. The Bertz CT molecular complexity index is 567. The minimum atomic E-state index is -0.0681. The molecule has 2 rings (SSSR count).